The second kappa shape index (κ2) is 8.49. The van der Waals surface area contributed by atoms with Gasteiger partial charge in [-0.25, -0.2) is 0 Å². The molecule has 3 aromatic carbocycles. The molecule has 4 aromatic rings. The van der Waals surface area contributed by atoms with Crippen LogP contribution in [-0.4, -0.2) is 28.8 Å². The topological polar surface area (TPSA) is 74.3 Å². The molecule has 174 valence electrons. The van der Waals surface area contributed by atoms with Crippen LogP contribution in [0.15, 0.2) is 48.5 Å². The molecule has 1 aliphatic heterocycles. The van der Waals surface area contributed by atoms with Crippen molar-refractivity contribution in [2.24, 2.45) is 5.73 Å². The number of hydrogen-bond donors (Lipinski definition) is 1. The first-order chi connectivity index (χ1) is 16.3. The highest BCUT2D eigenvalue weighted by Gasteiger charge is 2.31. The number of aromatic nitrogens is 1. The summed E-state index contributed by atoms with van der Waals surface area (Å²) < 4.78 is 8.47. The van der Waals surface area contributed by atoms with Gasteiger partial charge in [-0.05, 0) is 68.9 Å². The van der Waals surface area contributed by atoms with Gasteiger partial charge in [0.05, 0.1) is 17.6 Å². The number of fused-ring (bicyclic) bond motifs is 3. The smallest absolute Gasteiger partial charge is 0.161 e. The number of ketones is 2. The Kier molecular flexibility index (Phi) is 5.62. The lowest BCUT2D eigenvalue weighted by Crippen LogP contribution is -2.34. The van der Waals surface area contributed by atoms with Gasteiger partial charge in [0.15, 0.2) is 11.6 Å². The number of Topliss-reactive ketones (excluding diaryl/α,β-unsaturated/α-hetero) is 2. The number of rotatable bonds is 4. The van der Waals surface area contributed by atoms with Crippen LogP contribution in [0.5, 0.6) is 0 Å². The minimum absolute atomic E-state index is 0.0325. The number of nitrogens with two attached hydrogens (primary N) is 1. The average molecular weight is 455 g/mol. The molecule has 5 nitrogen and oxygen atoms in total. The number of carbonyl (C=O) groups excluding carboxylic acids is 2. The third-order valence-corrected chi connectivity index (χ3v) is 7.08. The van der Waals surface area contributed by atoms with Crippen LogP contribution in [0.25, 0.3) is 32.9 Å². The van der Waals surface area contributed by atoms with Gasteiger partial charge in [-0.1, -0.05) is 42.5 Å². The van der Waals surface area contributed by atoms with E-state index in [1.165, 1.54) is 0 Å². The highest BCUT2D eigenvalue weighted by Crippen LogP contribution is 2.45. The summed E-state index contributed by atoms with van der Waals surface area (Å²) in [5.41, 5.74) is 12.9. The second-order valence-corrected chi connectivity index (χ2v) is 9.41. The van der Waals surface area contributed by atoms with E-state index in [4.69, 9.17) is 10.5 Å². The number of aryl methyl sites for hydroxylation is 2. The van der Waals surface area contributed by atoms with Crippen molar-refractivity contribution >= 4 is 33.4 Å². The van der Waals surface area contributed by atoms with Gasteiger partial charge in [0, 0.05) is 27.9 Å². The first kappa shape index (κ1) is 22.5. The maximum absolute atomic E-state index is 13.2. The van der Waals surface area contributed by atoms with Gasteiger partial charge in [0.1, 0.15) is 6.23 Å². The van der Waals surface area contributed by atoms with Gasteiger partial charge in [-0.3, -0.25) is 9.59 Å². The van der Waals surface area contributed by atoms with E-state index in [9.17, 15) is 9.59 Å². The molecular formula is C29H30N2O3. The predicted molar refractivity (Wildman–Crippen MR) is 137 cm³/mol. The lowest BCUT2D eigenvalue weighted by atomic mass is 9.84. The van der Waals surface area contributed by atoms with Gasteiger partial charge in [0.25, 0.3) is 0 Å². The van der Waals surface area contributed by atoms with E-state index in [1.54, 1.807) is 13.8 Å². The molecular weight excluding hydrogens is 424 g/mol. The fourth-order valence-corrected chi connectivity index (χ4v) is 5.60. The molecule has 1 fully saturated rings. The summed E-state index contributed by atoms with van der Waals surface area (Å²) >= 11 is 0. The van der Waals surface area contributed by atoms with Crippen molar-refractivity contribution in [3.8, 4) is 11.1 Å². The molecule has 2 atom stereocenters. The van der Waals surface area contributed by atoms with Crippen molar-refractivity contribution in [3.05, 3.63) is 70.8 Å². The summed E-state index contributed by atoms with van der Waals surface area (Å²) in [6.45, 7) is 7.70. The summed E-state index contributed by atoms with van der Waals surface area (Å²) in [5.74, 6) is -0.218. The van der Waals surface area contributed by atoms with Crippen LogP contribution in [0.4, 0.5) is 0 Å². The molecule has 2 heterocycles. The summed E-state index contributed by atoms with van der Waals surface area (Å²) in [6.07, 6.45) is 1.47. The maximum atomic E-state index is 13.2. The van der Waals surface area contributed by atoms with Gasteiger partial charge < -0.3 is 15.0 Å². The molecule has 1 saturated heterocycles. The largest absolute Gasteiger partial charge is 0.356 e. The number of benzene rings is 3. The molecule has 1 aliphatic rings. The number of ether oxygens (including phenoxy) is 1. The zero-order chi connectivity index (χ0) is 24.1. The molecule has 0 aliphatic carbocycles. The molecule has 5 rings (SSSR count). The SMILES string of the molecule is CC(=O)c1c(-c2ccccc2C)c(C)c2c(c1C(C)=O)c1ccccc1n2[C@H]1CC[C@@H](N)CO1. The van der Waals surface area contributed by atoms with E-state index >= 15 is 0 Å². The van der Waals surface area contributed by atoms with E-state index in [1.807, 2.05) is 49.4 Å². The van der Waals surface area contributed by atoms with Crippen LogP contribution in [-0.2, 0) is 4.74 Å². The van der Waals surface area contributed by atoms with Crippen molar-refractivity contribution in [3.63, 3.8) is 0 Å². The van der Waals surface area contributed by atoms with Crippen LogP contribution in [0.3, 0.4) is 0 Å². The van der Waals surface area contributed by atoms with E-state index in [0.29, 0.717) is 17.7 Å². The third kappa shape index (κ3) is 3.39. The average Bonchev–Trinajstić information content (AvgIpc) is 3.15. The molecule has 34 heavy (non-hydrogen) atoms. The Morgan fingerprint density at radius 3 is 2.26 bits per heavy atom. The molecule has 0 spiro atoms. The van der Waals surface area contributed by atoms with Crippen molar-refractivity contribution in [2.45, 2.75) is 52.8 Å². The highest BCUT2D eigenvalue weighted by atomic mass is 16.5. The Morgan fingerprint density at radius 2 is 1.62 bits per heavy atom. The Hall–Kier alpha value is -3.28. The number of hydrogen-bond acceptors (Lipinski definition) is 4. The molecule has 0 radical (unpaired) electrons. The monoisotopic (exact) mass is 454 g/mol. The Morgan fingerprint density at radius 1 is 0.941 bits per heavy atom. The van der Waals surface area contributed by atoms with Crippen molar-refractivity contribution in [1.29, 1.82) is 0 Å². The fourth-order valence-electron chi connectivity index (χ4n) is 5.60. The number of nitrogens with zero attached hydrogens (tertiary/aromatic N) is 1. The van der Waals surface area contributed by atoms with Gasteiger partial charge in [0.2, 0.25) is 0 Å². The summed E-state index contributed by atoms with van der Waals surface area (Å²) in [4.78, 5) is 26.4. The Balaban J connectivity index is 2.01. The van der Waals surface area contributed by atoms with E-state index in [2.05, 4.69) is 17.6 Å². The Bertz CT molecular complexity index is 1460. The first-order valence-electron chi connectivity index (χ1n) is 11.9. The minimum atomic E-state index is -0.186. The predicted octanol–water partition coefficient (Wildman–Crippen LogP) is 6.12. The van der Waals surface area contributed by atoms with Crippen LogP contribution in [0.1, 0.15) is 64.8 Å². The van der Waals surface area contributed by atoms with Gasteiger partial charge in [-0.2, -0.15) is 0 Å². The van der Waals surface area contributed by atoms with E-state index < -0.39 is 0 Å². The standard InChI is InChI=1S/C29H30N2O3/c1-16-9-5-6-10-21(16)25-17(2)29-28(27(19(4)33)26(25)18(3)32)22-11-7-8-12-23(22)31(29)24-14-13-20(30)15-34-24/h5-12,20,24H,13-15,30H2,1-4H3/t20-,24-/m1/s1. The van der Waals surface area contributed by atoms with Crippen LogP contribution in [0.2, 0.25) is 0 Å². The zero-order valence-corrected chi connectivity index (χ0v) is 20.1. The fraction of sp³-hybridized carbons (Fsp3) is 0.310. The molecule has 5 heteroatoms. The molecule has 1 aromatic heterocycles. The number of para-hydroxylation sites is 1. The van der Waals surface area contributed by atoms with Crippen LogP contribution >= 0.6 is 0 Å². The van der Waals surface area contributed by atoms with Crippen LogP contribution in [0, 0.1) is 13.8 Å². The molecule has 0 saturated carbocycles. The maximum Gasteiger partial charge on any atom is 0.161 e. The normalized spacial score (nSPS) is 18.5. The van der Waals surface area contributed by atoms with E-state index in [-0.39, 0.29) is 23.8 Å². The number of carbonyl (C=O) groups is 2. The van der Waals surface area contributed by atoms with Crippen molar-refractivity contribution in [1.82, 2.24) is 4.57 Å². The molecule has 2 N–H and O–H groups in total. The lowest BCUT2D eigenvalue weighted by Gasteiger charge is -2.30. The van der Waals surface area contributed by atoms with Gasteiger partial charge in [-0.15, -0.1) is 0 Å². The minimum Gasteiger partial charge on any atom is -0.356 e. The molecule has 0 unspecified atom stereocenters. The summed E-state index contributed by atoms with van der Waals surface area (Å²) in [6, 6.07) is 16.1. The van der Waals surface area contributed by atoms with Crippen molar-refractivity contribution < 1.29 is 14.3 Å². The molecule has 0 bridgehead atoms. The second-order valence-electron chi connectivity index (χ2n) is 9.41. The van der Waals surface area contributed by atoms with E-state index in [0.717, 1.165) is 56.9 Å². The first-order valence-corrected chi connectivity index (χ1v) is 11.9. The summed E-state index contributed by atoms with van der Waals surface area (Å²) in [5, 5.41) is 1.80. The quantitative estimate of drug-likeness (QED) is 0.377. The molecule has 0 amide bonds. The van der Waals surface area contributed by atoms with Crippen LogP contribution < -0.4 is 5.73 Å². The Labute approximate surface area is 199 Å². The summed E-state index contributed by atoms with van der Waals surface area (Å²) in [7, 11) is 0. The third-order valence-electron chi connectivity index (χ3n) is 7.08. The highest BCUT2D eigenvalue weighted by molar-refractivity contribution is 6.26. The van der Waals surface area contributed by atoms with Gasteiger partial charge >= 0.3 is 0 Å². The van der Waals surface area contributed by atoms with Crippen molar-refractivity contribution in [2.75, 3.05) is 6.61 Å². The lowest BCUT2D eigenvalue weighted by molar-refractivity contribution is -0.0357. The zero-order valence-electron chi connectivity index (χ0n) is 20.1.